The summed E-state index contributed by atoms with van der Waals surface area (Å²) >= 11 is 0. The largest absolute Gasteiger partial charge is 0.488 e. The van der Waals surface area contributed by atoms with Gasteiger partial charge in [-0.25, -0.2) is 4.39 Å². The monoisotopic (exact) mass is 268 g/mol. The van der Waals surface area contributed by atoms with E-state index < -0.39 is 23.8 Å². The molecule has 0 radical (unpaired) electrons. The van der Waals surface area contributed by atoms with Gasteiger partial charge in [0.05, 0.1) is 5.56 Å². The van der Waals surface area contributed by atoms with Gasteiger partial charge in [0, 0.05) is 14.2 Å². The highest BCUT2D eigenvalue weighted by Crippen LogP contribution is 2.33. The number of rotatable bonds is 5. The van der Waals surface area contributed by atoms with Crippen molar-refractivity contribution in [2.45, 2.75) is 12.5 Å². The lowest BCUT2D eigenvalue weighted by atomic mass is 10.2. The van der Waals surface area contributed by atoms with Gasteiger partial charge in [-0.05, 0) is 18.2 Å². The van der Waals surface area contributed by atoms with Crippen LogP contribution < -0.4 is 4.74 Å². The summed E-state index contributed by atoms with van der Waals surface area (Å²) in [6, 6.07) is 2.40. The zero-order valence-electron chi connectivity index (χ0n) is 9.75. The molecule has 0 atom stereocenters. The molecule has 0 aliphatic rings. The Morgan fingerprint density at radius 3 is 2.28 bits per heavy atom. The Kier molecular flexibility index (Phi) is 4.92. The second-order valence-corrected chi connectivity index (χ2v) is 3.35. The molecule has 0 saturated carbocycles. The van der Waals surface area contributed by atoms with Crippen LogP contribution in [0.2, 0.25) is 0 Å². The fourth-order valence-corrected chi connectivity index (χ4v) is 1.21. The average molecular weight is 268 g/mol. The molecular formula is C11H12F4O3. The van der Waals surface area contributed by atoms with Crippen LogP contribution in [-0.4, -0.2) is 27.1 Å². The molecule has 0 unspecified atom stereocenters. The molecule has 3 nitrogen and oxygen atoms in total. The van der Waals surface area contributed by atoms with Crippen molar-refractivity contribution in [2.75, 3.05) is 20.8 Å². The summed E-state index contributed by atoms with van der Waals surface area (Å²) in [5.41, 5.74) is -1.37. The highest BCUT2D eigenvalue weighted by molar-refractivity contribution is 5.31. The second-order valence-electron chi connectivity index (χ2n) is 3.35. The minimum atomic E-state index is -4.76. The molecule has 1 aromatic carbocycles. The van der Waals surface area contributed by atoms with Gasteiger partial charge in [0.1, 0.15) is 18.2 Å². The standard InChI is InChI=1S/C11H12F4O3/c1-16-10(17-2)6-18-7-3-4-9(12)8(5-7)11(13,14)15/h3-5,10H,6H2,1-2H3. The molecule has 102 valence electrons. The predicted octanol–water partition coefficient (Wildman–Crippen LogP) is 2.84. The molecule has 1 aromatic rings. The Balaban J connectivity index is 2.80. The highest BCUT2D eigenvalue weighted by Gasteiger charge is 2.34. The topological polar surface area (TPSA) is 27.7 Å². The van der Waals surface area contributed by atoms with Crippen LogP contribution in [0.15, 0.2) is 18.2 Å². The predicted molar refractivity (Wildman–Crippen MR) is 54.7 cm³/mol. The highest BCUT2D eigenvalue weighted by atomic mass is 19.4. The summed E-state index contributed by atoms with van der Waals surface area (Å²) in [4.78, 5) is 0. The first-order chi connectivity index (χ1) is 8.38. The van der Waals surface area contributed by atoms with Crippen molar-refractivity contribution >= 4 is 0 Å². The number of hydrogen-bond donors (Lipinski definition) is 0. The summed E-state index contributed by atoms with van der Waals surface area (Å²) in [7, 11) is 2.73. The van der Waals surface area contributed by atoms with Crippen LogP contribution in [0.5, 0.6) is 5.75 Å². The normalized spacial score (nSPS) is 11.9. The minimum Gasteiger partial charge on any atom is -0.488 e. The van der Waals surface area contributed by atoms with E-state index in [-0.39, 0.29) is 12.4 Å². The van der Waals surface area contributed by atoms with E-state index in [9.17, 15) is 17.6 Å². The van der Waals surface area contributed by atoms with Crippen molar-refractivity contribution in [3.8, 4) is 5.75 Å². The summed E-state index contributed by atoms with van der Waals surface area (Å²) < 4.78 is 64.8. The molecule has 0 fully saturated rings. The van der Waals surface area contributed by atoms with E-state index in [0.29, 0.717) is 12.1 Å². The van der Waals surface area contributed by atoms with Crippen molar-refractivity contribution in [1.29, 1.82) is 0 Å². The first-order valence-electron chi connectivity index (χ1n) is 4.93. The maximum absolute atomic E-state index is 13.0. The van der Waals surface area contributed by atoms with Gasteiger partial charge in [-0.3, -0.25) is 0 Å². The van der Waals surface area contributed by atoms with E-state index in [1.165, 1.54) is 14.2 Å². The lowest BCUT2D eigenvalue weighted by Crippen LogP contribution is -2.22. The number of halogens is 4. The molecule has 0 N–H and O–H groups in total. The third kappa shape index (κ3) is 3.85. The van der Waals surface area contributed by atoms with E-state index in [0.717, 1.165) is 6.07 Å². The van der Waals surface area contributed by atoms with Gasteiger partial charge >= 0.3 is 6.18 Å². The minimum absolute atomic E-state index is 0.101. The van der Waals surface area contributed by atoms with Crippen molar-refractivity contribution in [1.82, 2.24) is 0 Å². The SMILES string of the molecule is COC(COc1ccc(F)c(C(F)(F)F)c1)OC. The molecule has 7 heteroatoms. The third-order valence-corrected chi connectivity index (χ3v) is 2.16. The zero-order chi connectivity index (χ0) is 13.8. The third-order valence-electron chi connectivity index (χ3n) is 2.16. The van der Waals surface area contributed by atoms with E-state index in [4.69, 9.17) is 14.2 Å². The van der Waals surface area contributed by atoms with Gasteiger partial charge in [0.25, 0.3) is 0 Å². The second kappa shape index (κ2) is 6.01. The molecule has 0 spiro atoms. The summed E-state index contributed by atoms with van der Waals surface area (Å²) in [5.74, 6) is -1.45. The summed E-state index contributed by atoms with van der Waals surface area (Å²) in [6.45, 7) is -0.101. The van der Waals surface area contributed by atoms with Crippen LogP contribution in [0.4, 0.5) is 17.6 Å². The molecule has 18 heavy (non-hydrogen) atoms. The quantitative estimate of drug-likeness (QED) is 0.607. The number of ether oxygens (including phenoxy) is 3. The molecule has 0 heterocycles. The molecule has 0 aromatic heterocycles. The number of alkyl halides is 3. The summed E-state index contributed by atoms with van der Waals surface area (Å²) in [5, 5.41) is 0. The molecule has 0 aliphatic carbocycles. The Hall–Kier alpha value is -1.34. The molecular weight excluding hydrogens is 256 g/mol. The van der Waals surface area contributed by atoms with Gasteiger partial charge in [0.15, 0.2) is 6.29 Å². The van der Waals surface area contributed by atoms with Crippen LogP contribution in [0, 0.1) is 5.82 Å². The first-order valence-corrected chi connectivity index (χ1v) is 4.93. The van der Waals surface area contributed by atoms with E-state index in [1.54, 1.807) is 0 Å². The van der Waals surface area contributed by atoms with Crippen LogP contribution in [0.1, 0.15) is 5.56 Å². The number of hydrogen-bond acceptors (Lipinski definition) is 3. The Bertz CT molecular complexity index is 388. The molecule has 0 bridgehead atoms. The van der Waals surface area contributed by atoms with Crippen LogP contribution >= 0.6 is 0 Å². The first kappa shape index (κ1) is 14.7. The van der Waals surface area contributed by atoms with E-state index in [1.807, 2.05) is 0 Å². The zero-order valence-corrected chi connectivity index (χ0v) is 9.75. The van der Waals surface area contributed by atoms with Crippen molar-refractivity contribution < 1.29 is 31.8 Å². The summed E-state index contributed by atoms with van der Waals surface area (Å²) in [6.07, 6.45) is -5.46. The van der Waals surface area contributed by atoms with Crippen LogP contribution in [0.3, 0.4) is 0 Å². The van der Waals surface area contributed by atoms with E-state index >= 15 is 0 Å². The van der Waals surface area contributed by atoms with Gasteiger partial charge in [-0.1, -0.05) is 0 Å². The lowest BCUT2D eigenvalue weighted by molar-refractivity contribution is -0.140. The van der Waals surface area contributed by atoms with Crippen LogP contribution in [0.25, 0.3) is 0 Å². The van der Waals surface area contributed by atoms with Gasteiger partial charge in [-0.2, -0.15) is 13.2 Å². The Morgan fingerprint density at radius 1 is 1.17 bits per heavy atom. The van der Waals surface area contributed by atoms with Gasteiger partial charge in [-0.15, -0.1) is 0 Å². The molecule has 1 rings (SSSR count). The molecule has 0 aliphatic heterocycles. The van der Waals surface area contributed by atoms with Gasteiger partial charge < -0.3 is 14.2 Å². The Morgan fingerprint density at radius 2 is 1.78 bits per heavy atom. The van der Waals surface area contributed by atoms with Crippen molar-refractivity contribution in [3.05, 3.63) is 29.6 Å². The van der Waals surface area contributed by atoms with Crippen molar-refractivity contribution in [2.24, 2.45) is 0 Å². The smallest absolute Gasteiger partial charge is 0.419 e. The van der Waals surface area contributed by atoms with Gasteiger partial charge in [0.2, 0.25) is 0 Å². The maximum Gasteiger partial charge on any atom is 0.419 e. The average Bonchev–Trinajstić information content (AvgIpc) is 2.31. The fraction of sp³-hybridized carbons (Fsp3) is 0.455. The van der Waals surface area contributed by atoms with Crippen LogP contribution in [-0.2, 0) is 15.7 Å². The molecule has 0 saturated heterocycles. The van der Waals surface area contributed by atoms with E-state index in [2.05, 4.69) is 0 Å². The van der Waals surface area contributed by atoms with Crippen molar-refractivity contribution in [3.63, 3.8) is 0 Å². The number of benzene rings is 1. The maximum atomic E-state index is 13.0. The Labute approximate surface area is 101 Å². The molecule has 0 amide bonds. The lowest BCUT2D eigenvalue weighted by Gasteiger charge is -2.15. The fourth-order valence-electron chi connectivity index (χ4n) is 1.21. The number of methoxy groups -OCH3 is 2.